The molecule has 0 spiro atoms. The zero-order chi connectivity index (χ0) is 24.9. The Labute approximate surface area is 205 Å². The van der Waals surface area contributed by atoms with Crippen LogP contribution in [-0.4, -0.2) is 57.5 Å². The van der Waals surface area contributed by atoms with Gasteiger partial charge in [-0.05, 0) is 24.6 Å². The smallest absolute Gasteiger partial charge is 0.274 e. The van der Waals surface area contributed by atoms with E-state index in [1.54, 1.807) is 22.7 Å². The number of aryl methyl sites for hydroxylation is 1. The van der Waals surface area contributed by atoms with Crippen LogP contribution in [0.3, 0.4) is 0 Å². The molecule has 1 aliphatic carbocycles. The van der Waals surface area contributed by atoms with E-state index < -0.39 is 11.8 Å². The first-order chi connectivity index (χ1) is 17.4. The number of pyridine rings is 1. The van der Waals surface area contributed by atoms with Gasteiger partial charge < -0.3 is 20.1 Å². The summed E-state index contributed by atoms with van der Waals surface area (Å²) in [6.45, 7) is 5.61. The van der Waals surface area contributed by atoms with E-state index in [-0.39, 0.29) is 24.6 Å². The van der Waals surface area contributed by atoms with Crippen molar-refractivity contribution in [2.75, 3.05) is 36.4 Å². The largest absolute Gasteiger partial charge is 0.369 e. The molecule has 6 rings (SSSR count). The van der Waals surface area contributed by atoms with Crippen molar-refractivity contribution in [3.05, 3.63) is 59.9 Å². The van der Waals surface area contributed by atoms with Gasteiger partial charge in [0.05, 0.1) is 6.20 Å². The van der Waals surface area contributed by atoms with Crippen LogP contribution in [0.1, 0.15) is 40.7 Å². The normalized spacial score (nSPS) is 17.8. The number of nitrogens with one attached hydrogen (secondary N) is 2. The molecule has 4 heterocycles. The van der Waals surface area contributed by atoms with Crippen molar-refractivity contribution >= 4 is 22.9 Å². The summed E-state index contributed by atoms with van der Waals surface area (Å²) in [4.78, 5) is 24.2. The predicted molar refractivity (Wildman–Crippen MR) is 130 cm³/mol. The summed E-state index contributed by atoms with van der Waals surface area (Å²) in [5.74, 6) is -2.87. The Balaban J connectivity index is 1.21. The molecule has 1 saturated carbocycles. The first kappa shape index (κ1) is 22.6. The van der Waals surface area contributed by atoms with Crippen molar-refractivity contribution in [1.82, 2.24) is 24.8 Å². The number of alkyl halides is 2. The molecule has 0 radical (unpaired) electrons. The number of carbonyl (C=O) groups excluding carboxylic acids is 1. The molecule has 1 aliphatic heterocycles. The average Bonchev–Trinajstić information content (AvgIpc) is 3.51. The standard InChI is InChI=1S/C25H25F2N7O2/c1-15-2-3-16(22-31-24(36-32-22)17-12-25(26,27)13-17)10-19(15)30-23(35)20-14-29-21-11-18(4-7-34(20)21)33-8-5-28-6-9-33/h2-4,7,10-11,14,17,28H,5-6,8-9,12-13H2,1H3,(H,30,35). The zero-order valence-electron chi connectivity index (χ0n) is 19.7. The van der Waals surface area contributed by atoms with Crippen LogP contribution in [0.15, 0.2) is 47.2 Å². The van der Waals surface area contributed by atoms with Crippen LogP contribution in [0.2, 0.25) is 0 Å². The van der Waals surface area contributed by atoms with Gasteiger partial charge in [-0.3, -0.25) is 9.20 Å². The van der Waals surface area contributed by atoms with E-state index in [2.05, 4.69) is 30.7 Å². The van der Waals surface area contributed by atoms with Crippen molar-refractivity contribution in [2.24, 2.45) is 0 Å². The Hall–Kier alpha value is -3.86. The molecule has 1 amide bonds. The summed E-state index contributed by atoms with van der Waals surface area (Å²) >= 11 is 0. The second-order valence-corrected chi connectivity index (χ2v) is 9.39. The maximum absolute atomic E-state index is 13.2. The van der Waals surface area contributed by atoms with Gasteiger partial charge in [-0.15, -0.1) is 0 Å². The highest BCUT2D eigenvalue weighted by molar-refractivity contribution is 6.04. The molecule has 2 N–H and O–H groups in total. The lowest BCUT2D eigenvalue weighted by Crippen LogP contribution is -2.43. The minimum absolute atomic E-state index is 0.216. The number of halogens is 2. The molecular weight excluding hydrogens is 468 g/mol. The third-order valence-corrected chi connectivity index (χ3v) is 6.84. The number of hydrogen-bond donors (Lipinski definition) is 2. The molecule has 1 aromatic carbocycles. The summed E-state index contributed by atoms with van der Waals surface area (Å²) < 4.78 is 33.4. The Bertz CT molecular complexity index is 1430. The fourth-order valence-corrected chi connectivity index (χ4v) is 4.69. The van der Waals surface area contributed by atoms with Crippen LogP contribution in [0.4, 0.5) is 20.2 Å². The molecular formula is C25H25F2N7O2. The number of amides is 1. The van der Waals surface area contributed by atoms with Gasteiger partial charge in [-0.2, -0.15) is 4.98 Å². The van der Waals surface area contributed by atoms with Crippen LogP contribution in [0, 0.1) is 6.92 Å². The van der Waals surface area contributed by atoms with Crippen LogP contribution < -0.4 is 15.5 Å². The van der Waals surface area contributed by atoms with Crippen LogP contribution in [-0.2, 0) is 0 Å². The van der Waals surface area contributed by atoms with Gasteiger partial charge in [0.15, 0.2) is 0 Å². The molecule has 2 aliphatic rings. The Morgan fingerprint density at radius 1 is 1.19 bits per heavy atom. The van der Waals surface area contributed by atoms with Gasteiger partial charge in [-0.1, -0.05) is 17.3 Å². The number of anilines is 2. The highest BCUT2D eigenvalue weighted by atomic mass is 19.3. The lowest BCUT2D eigenvalue weighted by molar-refractivity contribution is -0.0925. The van der Waals surface area contributed by atoms with Crippen molar-refractivity contribution in [3.8, 4) is 11.4 Å². The highest BCUT2D eigenvalue weighted by Gasteiger charge is 2.48. The Kier molecular flexibility index (Phi) is 5.44. The van der Waals surface area contributed by atoms with E-state index >= 15 is 0 Å². The van der Waals surface area contributed by atoms with Crippen molar-refractivity contribution in [3.63, 3.8) is 0 Å². The number of rotatable bonds is 5. The molecule has 4 aromatic rings. The molecule has 3 aromatic heterocycles. The number of nitrogens with zero attached hydrogens (tertiary/aromatic N) is 5. The first-order valence-corrected chi connectivity index (χ1v) is 11.9. The number of hydrogen-bond acceptors (Lipinski definition) is 7. The van der Waals surface area contributed by atoms with Crippen LogP contribution >= 0.6 is 0 Å². The molecule has 0 unspecified atom stereocenters. The summed E-state index contributed by atoms with van der Waals surface area (Å²) in [5, 5.41) is 10.3. The van der Waals surface area contributed by atoms with Gasteiger partial charge in [0.25, 0.3) is 5.91 Å². The fraction of sp³-hybridized carbons (Fsp3) is 0.360. The quantitative estimate of drug-likeness (QED) is 0.435. The topological polar surface area (TPSA) is 101 Å². The van der Waals surface area contributed by atoms with E-state index in [4.69, 9.17) is 4.52 Å². The summed E-state index contributed by atoms with van der Waals surface area (Å²) in [5.41, 5.74) is 4.25. The fourth-order valence-electron chi connectivity index (χ4n) is 4.69. The van der Waals surface area contributed by atoms with E-state index in [1.165, 1.54) is 0 Å². The molecule has 9 nitrogen and oxygen atoms in total. The number of piperazine rings is 1. The molecule has 36 heavy (non-hydrogen) atoms. The van der Waals surface area contributed by atoms with Crippen molar-refractivity contribution in [1.29, 1.82) is 0 Å². The monoisotopic (exact) mass is 493 g/mol. The molecule has 2 fully saturated rings. The number of imidazole rings is 1. The Morgan fingerprint density at radius 2 is 2.00 bits per heavy atom. The zero-order valence-corrected chi connectivity index (χ0v) is 19.7. The van der Waals surface area contributed by atoms with Gasteiger partial charge in [0.2, 0.25) is 17.6 Å². The highest BCUT2D eigenvalue weighted by Crippen LogP contribution is 2.48. The minimum Gasteiger partial charge on any atom is -0.369 e. The van der Waals surface area contributed by atoms with E-state index in [0.717, 1.165) is 37.4 Å². The SMILES string of the molecule is Cc1ccc(-c2noc(C3CC(F)(F)C3)n2)cc1NC(=O)c1cnc2cc(N3CCNCC3)ccn12. The van der Waals surface area contributed by atoms with Gasteiger partial charge in [-0.25, -0.2) is 13.8 Å². The van der Waals surface area contributed by atoms with Crippen LogP contribution in [0.5, 0.6) is 0 Å². The van der Waals surface area contributed by atoms with E-state index in [0.29, 0.717) is 28.4 Å². The molecule has 11 heteroatoms. The summed E-state index contributed by atoms with van der Waals surface area (Å²) in [7, 11) is 0. The predicted octanol–water partition coefficient (Wildman–Crippen LogP) is 3.87. The Morgan fingerprint density at radius 3 is 2.78 bits per heavy atom. The van der Waals surface area contributed by atoms with Gasteiger partial charge in [0, 0.05) is 74.1 Å². The van der Waals surface area contributed by atoms with Crippen LogP contribution in [0.25, 0.3) is 17.0 Å². The number of benzene rings is 1. The van der Waals surface area contributed by atoms with E-state index in [9.17, 15) is 13.6 Å². The van der Waals surface area contributed by atoms with Crippen molar-refractivity contribution < 1.29 is 18.1 Å². The number of aromatic nitrogens is 4. The van der Waals surface area contributed by atoms with Gasteiger partial charge >= 0.3 is 0 Å². The maximum Gasteiger partial charge on any atom is 0.274 e. The number of carbonyl (C=O) groups is 1. The second kappa shape index (κ2) is 8.66. The van der Waals surface area contributed by atoms with E-state index in [1.807, 2.05) is 31.3 Å². The molecule has 186 valence electrons. The lowest BCUT2D eigenvalue weighted by atomic mass is 9.81. The third kappa shape index (κ3) is 4.19. The number of fused-ring (bicyclic) bond motifs is 1. The first-order valence-electron chi connectivity index (χ1n) is 11.9. The second-order valence-electron chi connectivity index (χ2n) is 9.39. The molecule has 0 atom stereocenters. The molecule has 0 bridgehead atoms. The van der Waals surface area contributed by atoms with Gasteiger partial charge in [0.1, 0.15) is 11.3 Å². The summed E-state index contributed by atoms with van der Waals surface area (Å²) in [6, 6.07) is 9.38. The lowest BCUT2D eigenvalue weighted by Gasteiger charge is -2.31. The third-order valence-electron chi connectivity index (χ3n) is 6.84. The maximum atomic E-state index is 13.2. The summed E-state index contributed by atoms with van der Waals surface area (Å²) in [6.07, 6.45) is 2.87. The average molecular weight is 494 g/mol. The molecule has 1 saturated heterocycles. The minimum atomic E-state index is -2.66. The van der Waals surface area contributed by atoms with Crippen molar-refractivity contribution in [2.45, 2.75) is 31.6 Å².